The molecule has 0 bridgehead atoms. The van der Waals surface area contributed by atoms with Gasteiger partial charge in [-0.15, -0.1) is 0 Å². The van der Waals surface area contributed by atoms with Crippen LogP contribution in [0, 0.1) is 0 Å². The molecule has 2 heterocycles. The van der Waals surface area contributed by atoms with Crippen molar-refractivity contribution < 1.29 is 18.0 Å². The Hall–Kier alpha value is -3.39. The molecule has 0 aliphatic carbocycles. The van der Waals surface area contributed by atoms with Crippen LogP contribution in [0.5, 0.6) is 0 Å². The number of hydrogen-bond acceptors (Lipinski definition) is 4. The van der Waals surface area contributed by atoms with Crippen molar-refractivity contribution in [3.8, 4) is 0 Å². The van der Waals surface area contributed by atoms with E-state index in [1.54, 1.807) is 25.3 Å². The van der Waals surface area contributed by atoms with Crippen LogP contribution in [0.15, 0.2) is 66.9 Å². The topological polar surface area (TPSA) is 48.5 Å². The van der Waals surface area contributed by atoms with Crippen molar-refractivity contribution in [1.82, 2.24) is 9.88 Å². The van der Waals surface area contributed by atoms with Gasteiger partial charge in [-0.05, 0) is 73.0 Å². The lowest BCUT2D eigenvalue weighted by molar-refractivity contribution is -0.137. The fraction of sp³-hybridized carbons (Fsp3) is 0.379. The maximum atomic E-state index is 13.0. The highest BCUT2D eigenvalue weighted by atomic mass is 19.4. The Bertz CT molecular complexity index is 1170. The van der Waals surface area contributed by atoms with Crippen molar-refractivity contribution in [2.24, 2.45) is 0 Å². The number of nitrogens with one attached hydrogen (secondary N) is 1. The molecular formula is C29H33F3N4O. The van der Waals surface area contributed by atoms with Crippen LogP contribution < -0.4 is 10.2 Å². The fourth-order valence-electron chi connectivity index (χ4n) is 4.73. The molecule has 0 saturated carbocycles. The van der Waals surface area contributed by atoms with Crippen LogP contribution in [0.25, 0.3) is 0 Å². The molecular weight excluding hydrogens is 477 g/mol. The smallest absolute Gasteiger partial charge is 0.340 e. The van der Waals surface area contributed by atoms with Crippen molar-refractivity contribution >= 4 is 23.1 Å². The van der Waals surface area contributed by atoms with Crippen LogP contribution in [0.2, 0.25) is 0 Å². The van der Waals surface area contributed by atoms with E-state index in [9.17, 15) is 18.0 Å². The maximum absolute atomic E-state index is 13.0. The van der Waals surface area contributed by atoms with Gasteiger partial charge in [0.25, 0.3) is 0 Å². The fourth-order valence-corrected chi connectivity index (χ4v) is 4.73. The number of aromatic nitrogens is 1. The highest BCUT2D eigenvalue weighted by Gasteiger charge is 2.30. The van der Waals surface area contributed by atoms with Gasteiger partial charge in [0.05, 0.1) is 5.56 Å². The molecule has 196 valence electrons. The van der Waals surface area contributed by atoms with E-state index in [1.807, 2.05) is 41.3 Å². The van der Waals surface area contributed by atoms with Gasteiger partial charge in [0.2, 0.25) is 5.91 Å². The minimum atomic E-state index is -4.35. The number of rotatable bonds is 4. The van der Waals surface area contributed by atoms with Gasteiger partial charge in [-0.3, -0.25) is 9.69 Å². The molecule has 0 unspecified atom stereocenters. The van der Waals surface area contributed by atoms with Crippen molar-refractivity contribution in [3.05, 3.63) is 83.6 Å². The van der Waals surface area contributed by atoms with E-state index < -0.39 is 11.7 Å². The highest BCUT2D eigenvalue weighted by Crippen LogP contribution is 2.31. The van der Waals surface area contributed by atoms with E-state index in [1.165, 1.54) is 0 Å². The number of benzene rings is 2. The number of carbonyl (C=O) groups excluding carboxylic acids is 1. The molecule has 1 aromatic heterocycles. The standard InChI is InChI=1S/C29H33F3N4O/c1-22(37)36-18-8-4-2-3-7-17-35(20-23-10-12-25(13-11-23)29(30,31)32)21-24-19-26(14-15-27(24)36)34-28-9-5-6-16-33-28/h5-6,9-16,19H,2-4,7-8,17-18,20-21H2,1H3,(H,33,34). The third-order valence-corrected chi connectivity index (χ3v) is 6.63. The molecule has 37 heavy (non-hydrogen) atoms. The predicted molar refractivity (Wildman–Crippen MR) is 141 cm³/mol. The van der Waals surface area contributed by atoms with Gasteiger partial charge in [-0.2, -0.15) is 13.2 Å². The number of halogens is 3. The molecule has 1 amide bonds. The summed E-state index contributed by atoms with van der Waals surface area (Å²) in [5, 5.41) is 3.33. The zero-order valence-corrected chi connectivity index (χ0v) is 21.1. The number of fused-ring (bicyclic) bond motifs is 1. The molecule has 0 spiro atoms. The lowest BCUT2D eigenvalue weighted by atomic mass is 10.1. The first kappa shape index (κ1) is 26.7. The summed E-state index contributed by atoms with van der Waals surface area (Å²) in [6.45, 7) is 4.16. The summed E-state index contributed by atoms with van der Waals surface area (Å²) in [7, 11) is 0. The molecule has 5 nitrogen and oxygen atoms in total. The summed E-state index contributed by atoms with van der Waals surface area (Å²) >= 11 is 0. The quantitative estimate of drug-likeness (QED) is 0.405. The Morgan fingerprint density at radius 2 is 1.68 bits per heavy atom. The summed E-state index contributed by atoms with van der Waals surface area (Å²) in [5.41, 5.74) is 2.91. The first-order valence-corrected chi connectivity index (χ1v) is 12.8. The van der Waals surface area contributed by atoms with E-state index in [0.29, 0.717) is 19.6 Å². The summed E-state index contributed by atoms with van der Waals surface area (Å²) in [5.74, 6) is 0.721. The van der Waals surface area contributed by atoms with Crippen LogP contribution in [-0.4, -0.2) is 28.9 Å². The Morgan fingerprint density at radius 3 is 2.35 bits per heavy atom. The second-order valence-corrected chi connectivity index (χ2v) is 9.53. The molecule has 1 aliphatic rings. The lowest BCUT2D eigenvalue weighted by Gasteiger charge is -2.29. The monoisotopic (exact) mass is 510 g/mol. The largest absolute Gasteiger partial charge is 0.416 e. The molecule has 8 heteroatoms. The second kappa shape index (κ2) is 12.2. The number of hydrogen-bond donors (Lipinski definition) is 1. The number of alkyl halides is 3. The highest BCUT2D eigenvalue weighted by molar-refractivity contribution is 5.92. The SMILES string of the molecule is CC(=O)N1CCCCCCCN(Cc2ccc(C(F)(F)F)cc2)Cc2cc(Nc3ccccn3)ccc21. The Kier molecular flexibility index (Phi) is 8.82. The van der Waals surface area contributed by atoms with Gasteiger partial charge >= 0.3 is 6.18 Å². The number of pyridine rings is 1. The van der Waals surface area contributed by atoms with E-state index >= 15 is 0 Å². The van der Waals surface area contributed by atoms with Gasteiger partial charge in [0, 0.05) is 44.1 Å². The van der Waals surface area contributed by atoms with E-state index in [4.69, 9.17) is 0 Å². The van der Waals surface area contributed by atoms with E-state index in [2.05, 4.69) is 15.2 Å². The van der Waals surface area contributed by atoms with Crippen molar-refractivity contribution in [1.29, 1.82) is 0 Å². The predicted octanol–water partition coefficient (Wildman–Crippen LogP) is 7.16. The molecule has 4 rings (SSSR count). The third-order valence-electron chi connectivity index (χ3n) is 6.63. The lowest BCUT2D eigenvalue weighted by Crippen LogP contribution is -2.32. The Labute approximate surface area is 216 Å². The minimum Gasteiger partial charge on any atom is -0.340 e. The first-order chi connectivity index (χ1) is 17.8. The first-order valence-electron chi connectivity index (χ1n) is 12.8. The summed E-state index contributed by atoms with van der Waals surface area (Å²) in [4.78, 5) is 21.1. The van der Waals surface area contributed by atoms with Gasteiger partial charge in [-0.1, -0.05) is 37.5 Å². The molecule has 0 saturated heterocycles. The Morgan fingerprint density at radius 1 is 0.946 bits per heavy atom. The molecule has 0 radical (unpaired) electrons. The number of amides is 1. The van der Waals surface area contributed by atoms with Crippen molar-refractivity contribution in [2.75, 3.05) is 23.3 Å². The third kappa shape index (κ3) is 7.55. The van der Waals surface area contributed by atoms with Crippen LogP contribution in [-0.2, 0) is 24.1 Å². The minimum absolute atomic E-state index is 0.00182. The van der Waals surface area contributed by atoms with Crippen LogP contribution >= 0.6 is 0 Å². The molecule has 0 atom stereocenters. The average molecular weight is 511 g/mol. The van der Waals surface area contributed by atoms with Gasteiger partial charge in [-0.25, -0.2) is 4.98 Å². The molecule has 1 N–H and O–H groups in total. The maximum Gasteiger partial charge on any atom is 0.416 e. The van der Waals surface area contributed by atoms with Crippen molar-refractivity contribution in [3.63, 3.8) is 0 Å². The summed E-state index contributed by atoms with van der Waals surface area (Å²) in [6, 6.07) is 17.0. The average Bonchev–Trinajstić information content (AvgIpc) is 2.86. The number of nitrogens with zero attached hydrogens (tertiary/aromatic N) is 3. The molecule has 3 aromatic rings. The van der Waals surface area contributed by atoms with Crippen LogP contribution in [0.4, 0.5) is 30.4 Å². The molecule has 1 aliphatic heterocycles. The molecule has 0 fully saturated rings. The van der Waals surface area contributed by atoms with Crippen LogP contribution in [0.3, 0.4) is 0 Å². The van der Waals surface area contributed by atoms with E-state index in [0.717, 1.165) is 79.1 Å². The Balaban J connectivity index is 1.65. The number of carbonyl (C=O) groups is 1. The van der Waals surface area contributed by atoms with Crippen molar-refractivity contribution in [2.45, 2.75) is 58.3 Å². The summed E-state index contributed by atoms with van der Waals surface area (Å²) < 4.78 is 39.1. The van der Waals surface area contributed by atoms with Gasteiger partial charge in [0.15, 0.2) is 0 Å². The van der Waals surface area contributed by atoms with Gasteiger partial charge < -0.3 is 10.2 Å². The zero-order chi connectivity index (χ0) is 26.3. The number of anilines is 3. The van der Waals surface area contributed by atoms with Crippen LogP contribution in [0.1, 0.15) is 55.7 Å². The molecule has 2 aromatic carbocycles. The second-order valence-electron chi connectivity index (χ2n) is 9.53. The normalized spacial score (nSPS) is 15.8. The summed E-state index contributed by atoms with van der Waals surface area (Å²) in [6.07, 6.45) is 2.56. The van der Waals surface area contributed by atoms with Gasteiger partial charge in [0.1, 0.15) is 5.82 Å². The zero-order valence-electron chi connectivity index (χ0n) is 21.1. The van der Waals surface area contributed by atoms with E-state index in [-0.39, 0.29) is 5.91 Å².